The van der Waals surface area contributed by atoms with Crippen LogP contribution in [-0.4, -0.2) is 30.4 Å². The summed E-state index contributed by atoms with van der Waals surface area (Å²) in [4.78, 5) is 13.8. The highest BCUT2D eigenvalue weighted by molar-refractivity contribution is 5.76. The lowest BCUT2D eigenvalue weighted by Crippen LogP contribution is -2.42. The van der Waals surface area contributed by atoms with Gasteiger partial charge in [-0.25, -0.2) is 0 Å². The first-order valence-corrected chi connectivity index (χ1v) is 5.88. The van der Waals surface area contributed by atoms with Gasteiger partial charge in [0.25, 0.3) is 0 Å². The molecule has 0 heterocycles. The second kappa shape index (κ2) is 7.29. The van der Waals surface area contributed by atoms with Crippen LogP contribution in [0.2, 0.25) is 0 Å². The van der Waals surface area contributed by atoms with Gasteiger partial charge in [-0.3, -0.25) is 4.79 Å². The Balaban J connectivity index is 4.37. The first-order valence-electron chi connectivity index (χ1n) is 5.88. The van der Waals surface area contributed by atoms with Gasteiger partial charge in [0.2, 0.25) is 5.91 Å². The fourth-order valence-corrected chi connectivity index (χ4v) is 1.48. The average molecular weight is 224 g/mol. The fraction of sp³-hybridized carbons (Fsp3) is 0.769. The van der Waals surface area contributed by atoms with Gasteiger partial charge in [0.1, 0.15) is 0 Å². The van der Waals surface area contributed by atoms with Gasteiger partial charge in [0.05, 0.1) is 0 Å². The first kappa shape index (κ1) is 15.0. The van der Waals surface area contributed by atoms with E-state index in [9.17, 15) is 4.79 Å². The third kappa shape index (κ3) is 5.77. The molecule has 0 aromatic carbocycles. The smallest absolute Gasteiger partial charge is 0.223 e. The molecule has 0 fully saturated rings. The maximum Gasteiger partial charge on any atom is 0.223 e. The van der Waals surface area contributed by atoms with Crippen molar-refractivity contribution < 1.29 is 4.79 Å². The Hall–Kier alpha value is -1.01. The SMILES string of the molecule is C#CCCC(=O)N(CCC)CC(C)(C)CN. The second-order valence-corrected chi connectivity index (χ2v) is 4.89. The van der Waals surface area contributed by atoms with Crippen molar-refractivity contribution in [3.63, 3.8) is 0 Å². The van der Waals surface area contributed by atoms with Crippen molar-refractivity contribution in [1.82, 2.24) is 4.90 Å². The molecule has 0 aliphatic heterocycles. The first-order chi connectivity index (χ1) is 7.46. The summed E-state index contributed by atoms with van der Waals surface area (Å²) in [7, 11) is 0. The van der Waals surface area contributed by atoms with E-state index in [0.29, 0.717) is 25.9 Å². The van der Waals surface area contributed by atoms with Gasteiger partial charge < -0.3 is 10.6 Å². The molecule has 16 heavy (non-hydrogen) atoms. The molecule has 0 unspecified atom stereocenters. The highest BCUT2D eigenvalue weighted by Gasteiger charge is 2.22. The van der Waals surface area contributed by atoms with E-state index < -0.39 is 0 Å². The molecule has 0 atom stereocenters. The number of hydrogen-bond donors (Lipinski definition) is 1. The third-order valence-electron chi connectivity index (χ3n) is 2.50. The molecule has 0 rings (SSSR count). The standard InChI is InChI=1S/C13H24N2O/c1-5-7-8-12(16)15(9-6-2)11-13(3,4)10-14/h1H,6-11,14H2,2-4H3. The third-order valence-corrected chi connectivity index (χ3v) is 2.50. The predicted molar refractivity (Wildman–Crippen MR) is 67.8 cm³/mol. The number of amides is 1. The van der Waals surface area contributed by atoms with Crippen LogP contribution in [0.1, 0.15) is 40.0 Å². The van der Waals surface area contributed by atoms with Crippen molar-refractivity contribution in [2.45, 2.75) is 40.0 Å². The molecule has 0 aliphatic rings. The van der Waals surface area contributed by atoms with Gasteiger partial charge in [-0.15, -0.1) is 12.3 Å². The van der Waals surface area contributed by atoms with Gasteiger partial charge in [-0.2, -0.15) is 0 Å². The van der Waals surface area contributed by atoms with Gasteiger partial charge in [-0.1, -0.05) is 20.8 Å². The number of carbonyl (C=O) groups excluding carboxylic acids is 1. The average Bonchev–Trinajstić information content (AvgIpc) is 2.25. The normalized spacial score (nSPS) is 10.9. The Morgan fingerprint density at radius 3 is 2.56 bits per heavy atom. The van der Waals surface area contributed by atoms with E-state index in [1.165, 1.54) is 0 Å². The topological polar surface area (TPSA) is 46.3 Å². The minimum absolute atomic E-state index is 0.0268. The Kier molecular flexibility index (Phi) is 6.83. The van der Waals surface area contributed by atoms with Crippen LogP contribution in [0, 0.1) is 17.8 Å². The molecule has 0 saturated carbocycles. The van der Waals surface area contributed by atoms with Gasteiger partial charge in [-0.05, 0) is 18.4 Å². The van der Waals surface area contributed by atoms with Crippen molar-refractivity contribution in [1.29, 1.82) is 0 Å². The monoisotopic (exact) mass is 224 g/mol. The summed E-state index contributed by atoms with van der Waals surface area (Å²) in [5, 5.41) is 0. The molecule has 0 saturated heterocycles. The molecule has 0 bridgehead atoms. The number of carbonyl (C=O) groups is 1. The summed E-state index contributed by atoms with van der Waals surface area (Å²) in [6, 6.07) is 0. The van der Waals surface area contributed by atoms with Crippen molar-refractivity contribution in [3.05, 3.63) is 0 Å². The summed E-state index contributed by atoms with van der Waals surface area (Å²) in [6.45, 7) is 8.29. The Morgan fingerprint density at radius 1 is 1.50 bits per heavy atom. The number of hydrogen-bond acceptors (Lipinski definition) is 2. The van der Waals surface area contributed by atoms with Crippen molar-refractivity contribution >= 4 is 5.91 Å². The van der Waals surface area contributed by atoms with Gasteiger partial charge in [0, 0.05) is 25.9 Å². The largest absolute Gasteiger partial charge is 0.342 e. The second-order valence-electron chi connectivity index (χ2n) is 4.89. The van der Waals surface area contributed by atoms with E-state index in [-0.39, 0.29) is 11.3 Å². The maximum atomic E-state index is 11.9. The summed E-state index contributed by atoms with van der Waals surface area (Å²) in [6.07, 6.45) is 7.08. The Morgan fingerprint density at radius 2 is 2.12 bits per heavy atom. The van der Waals surface area contributed by atoms with E-state index >= 15 is 0 Å². The van der Waals surface area contributed by atoms with Crippen LogP contribution in [0.3, 0.4) is 0 Å². The number of nitrogens with zero attached hydrogens (tertiary/aromatic N) is 1. The molecule has 0 spiro atoms. The van der Waals surface area contributed by atoms with E-state index in [0.717, 1.165) is 13.0 Å². The molecule has 0 radical (unpaired) electrons. The Bertz CT molecular complexity index is 253. The number of nitrogens with two attached hydrogens (primary N) is 1. The number of terminal acetylenes is 1. The number of rotatable bonds is 7. The van der Waals surface area contributed by atoms with Crippen molar-refractivity contribution in [2.75, 3.05) is 19.6 Å². The molecule has 92 valence electrons. The van der Waals surface area contributed by atoms with Crippen LogP contribution in [0.4, 0.5) is 0 Å². The molecule has 0 aromatic rings. The summed E-state index contributed by atoms with van der Waals surface area (Å²) in [5.74, 6) is 2.64. The maximum absolute atomic E-state index is 11.9. The van der Waals surface area contributed by atoms with E-state index in [1.807, 2.05) is 4.90 Å². The molecular weight excluding hydrogens is 200 g/mol. The van der Waals surface area contributed by atoms with Gasteiger partial charge >= 0.3 is 0 Å². The zero-order valence-corrected chi connectivity index (χ0v) is 10.8. The molecular formula is C13H24N2O. The van der Waals surface area contributed by atoms with Crippen molar-refractivity contribution in [3.8, 4) is 12.3 Å². The van der Waals surface area contributed by atoms with Crippen LogP contribution in [0.25, 0.3) is 0 Å². The summed E-state index contributed by atoms with van der Waals surface area (Å²) >= 11 is 0. The summed E-state index contributed by atoms with van der Waals surface area (Å²) in [5.41, 5.74) is 5.65. The van der Waals surface area contributed by atoms with Crippen LogP contribution in [0.15, 0.2) is 0 Å². The highest BCUT2D eigenvalue weighted by Crippen LogP contribution is 2.16. The molecule has 3 nitrogen and oxygen atoms in total. The molecule has 0 aliphatic carbocycles. The zero-order valence-electron chi connectivity index (χ0n) is 10.8. The fourth-order valence-electron chi connectivity index (χ4n) is 1.48. The molecule has 3 heteroatoms. The lowest BCUT2D eigenvalue weighted by Gasteiger charge is -2.31. The van der Waals surface area contributed by atoms with Gasteiger partial charge in [0.15, 0.2) is 0 Å². The quantitative estimate of drug-likeness (QED) is 0.668. The summed E-state index contributed by atoms with van der Waals surface area (Å²) < 4.78 is 0. The molecule has 2 N–H and O–H groups in total. The van der Waals surface area contributed by atoms with Crippen LogP contribution < -0.4 is 5.73 Å². The molecule has 1 amide bonds. The lowest BCUT2D eigenvalue weighted by molar-refractivity contribution is -0.132. The minimum Gasteiger partial charge on any atom is -0.342 e. The molecule has 0 aromatic heterocycles. The minimum atomic E-state index is -0.0268. The van der Waals surface area contributed by atoms with E-state index in [1.54, 1.807) is 0 Å². The Labute approximate surface area is 99.4 Å². The van der Waals surface area contributed by atoms with Crippen LogP contribution in [-0.2, 0) is 4.79 Å². The van der Waals surface area contributed by atoms with Crippen molar-refractivity contribution in [2.24, 2.45) is 11.1 Å². The highest BCUT2D eigenvalue weighted by atomic mass is 16.2. The predicted octanol–water partition coefficient (Wildman–Crippen LogP) is 1.62. The zero-order chi connectivity index (χ0) is 12.6. The van der Waals surface area contributed by atoms with E-state index in [2.05, 4.69) is 26.7 Å². The lowest BCUT2D eigenvalue weighted by atomic mass is 9.93. The van der Waals surface area contributed by atoms with Crippen LogP contribution >= 0.6 is 0 Å². The van der Waals surface area contributed by atoms with Crippen LogP contribution in [0.5, 0.6) is 0 Å². The van der Waals surface area contributed by atoms with E-state index in [4.69, 9.17) is 12.2 Å².